The summed E-state index contributed by atoms with van der Waals surface area (Å²) in [4.78, 5) is 48.8. The lowest BCUT2D eigenvalue weighted by atomic mass is 9.95. The van der Waals surface area contributed by atoms with Crippen LogP contribution in [0.25, 0.3) is 0 Å². The van der Waals surface area contributed by atoms with Crippen LogP contribution in [0.15, 0.2) is 0 Å². The van der Waals surface area contributed by atoms with Crippen molar-refractivity contribution in [3.63, 3.8) is 0 Å². The van der Waals surface area contributed by atoms with Gasteiger partial charge in [0.1, 0.15) is 0 Å². The summed E-state index contributed by atoms with van der Waals surface area (Å²) in [6.45, 7) is 7.34. The average molecular weight is 402 g/mol. The minimum Gasteiger partial charge on any atom is -0.466 e. The fourth-order valence-corrected chi connectivity index (χ4v) is 2.27. The zero-order valence-corrected chi connectivity index (χ0v) is 17.5. The number of esters is 4. The Kier molecular flexibility index (Phi) is 13.8. The van der Waals surface area contributed by atoms with Crippen molar-refractivity contribution in [3.05, 3.63) is 0 Å². The van der Waals surface area contributed by atoms with Gasteiger partial charge in [0.15, 0.2) is 0 Å². The maximum Gasteiger partial charge on any atom is 0.351 e. The van der Waals surface area contributed by atoms with Gasteiger partial charge in [-0.2, -0.15) is 0 Å². The molecule has 8 heteroatoms. The number of ether oxygens (including phenoxy) is 4. The van der Waals surface area contributed by atoms with Crippen LogP contribution in [0.3, 0.4) is 0 Å². The van der Waals surface area contributed by atoms with E-state index in [4.69, 9.17) is 18.9 Å². The molecule has 0 aliphatic heterocycles. The van der Waals surface area contributed by atoms with Gasteiger partial charge >= 0.3 is 23.9 Å². The Labute approximate surface area is 167 Å². The standard InChI is InChI=1S/C20H34O8/c1-5-8-11-25-17(22)14-20(28-16(4)21,19(24)27-13-10-7-3)15-18(23)26-12-9-6-2/h5-15H2,1-4H3. The molecule has 0 saturated carbocycles. The third-order valence-corrected chi connectivity index (χ3v) is 3.82. The first-order valence-corrected chi connectivity index (χ1v) is 9.99. The van der Waals surface area contributed by atoms with Gasteiger partial charge in [-0.3, -0.25) is 14.4 Å². The van der Waals surface area contributed by atoms with E-state index in [0.29, 0.717) is 19.3 Å². The van der Waals surface area contributed by atoms with E-state index in [2.05, 4.69) is 0 Å². The van der Waals surface area contributed by atoms with Crippen molar-refractivity contribution < 1.29 is 38.1 Å². The summed E-state index contributed by atoms with van der Waals surface area (Å²) >= 11 is 0. The molecule has 0 rings (SSSR count). The fraction of sp³-hybridized carbons (Fsp3) is 0.800. The molecule has 0 saturated heterocycles. The van der Waals surface area contributed by atoms with Crippen LogP contribution in [-0.4, -0.2) is 49.3 Å². The van der Waals surface area contributed by atoms with Gasteiger partial charge in [0.05, 0.1) is 32.7 Å². The lowest BCUT2D eigenvalue weighted by Gasteiger charge is -2.29. The number of hydrogen-bond donors (Lipinski definition) is 0. The van der Waals surface area contributed by atoms with Gasteiger partial charge in [0, 0.05) is 6.92 Å². The zero-order valence-electron chi connectivity index (χ0n) is 17.5. The third kappa shape index (κ3) is 10.9. The zero-order chi connectivity index (χ0) is 21.4. The highest BCUT2D eigenvalue weighted by molar-refractivity contribution is 5.92. The summed E-state index contributed by atoms with van der Waals surface area (Å²) in [6.07, 6.45) is 3.14. The Bertz CT molecular complexity index is 476. The molecule has 0 aliphatic rings. The molecule has 0 aliphatic carbocycles. The molecule has 162 valence electrons. The second-order valence-electron chi connectivity index (χ2n) is 6.58. The molecule has 0 atom stereocenters. The van der Waals surface area contributed by atoms with Crippen LogP contribution in [0.2, 0.25) is 0 Å². The van der Waals surface area contributed by atoms with Gasteiger partial charge in [-0.1, -0.05) is 40.0 Å². The second kappa shape index (κ2) is 14.9. The van der Waals surface area contributed by atoms with Crippen LogP contribution >= 0.6 is 0 Å². The maximum atomic E-state index is 12.7. The molecule has 0 bridgehead atoms. The predicted octanol–water partition coefficient (Wildman–Crippen LogP) is 3.10. The molecule has 8 nitrogen and oxygen atoms in total. The summed E-state index contributed by atoms with van der Waals surface area (Å²) in [6, 6.07) is 0. The number of hydrogen-bond acceptors (Lipinski definition) is 8. The van der Waals surface area contributed by atoms with Gasteiger partial charge < -0.3 is 18.9 Å². The van der Waals surface area contributed by atoms with Crippen molar-refractivity contribution in [1.82, 2.24) is 0 Å². The molecule has 0 spiro atoms. The Morgan fingerprint density at radius 3 is 1.43 bits per heavy atom. The van der Waals surface area contributed by atoms with Crippen LogP contribution < -0.4 is 0 Å². The molecule has 0 heterocycles. The Hall–Kier alpha value is -2.12. The molecule has 0 aromatic carbocycles. The Morgan fingerprint density at radius 1 is 0.679 bits per heavy atom. The van der Waals surface area contributed by atoms with E-state index in [0.717, 1.165) is 26.2 Å². The summed E-state index contributed by atoms with van der Waals surface area (Å²) in [5.74, 6) is -3.25. The molecule has 0 aromatic rings. The Morgan fingerprint density at radius 2 is 1.07 bits per heavy atom. The van der Waals surface area contributed by atoms with Crippen LogP contribution in [0.4, 0.5) is 0 Å². The lowest BCUT2D eigenvalue weighted by Crippen LogP contribution is -2.48. The van der Waals surface area contributed by atoms with Crippen molar-refractivity contribution in [1.29, 1.82) is 0 Å². The van der Waals surface area contributed by atoms with E-state index in [-0.39, 0.29) is 19.8 Å². The highest BCUT2D eigenvalue weighted by Gasteiger charge is 2.48. The average Bonchev–Trinajstić information content (AvgIpc) is 2.61. The third-order valence-electron chi connectivity index (χ3n) is 3.82. The highest BCUT2D eigenvalue weighted by Crippen LogP contribution is 2.26. The van der Waals surface area contributed by atoms with Crippen molar-refractivity contribution in [2.45, 2.75) is 84.7 Å². The topological polar surface area (TPSA) is 105 Å². The van der Waals surface area contributed by atoms with Gasteiger partial charge in [-0.25, -0.2) is 4.79 Å². The molecule has 0 radical (unpaired) electrons. The van der Waals surface area contributed by atoms with E-state index < -0.39 is 42.3 Å². The summed E-state index contributed by atoms with van der Waals surface area (Å²) in [5.41, 5.74) is -2.09. The van der Waals surface area contributed by atoms with E-state index in [1.807, 2.05) is 20.8 Å². The number of rotatable bonds is 15. The highest BCUT2D eigenvalue weighted by atomic mass is 16.6. The summed E-state index contributed by atoms with van der Waals surface area (Å²) < 4.78 is 20.5. The molecule has 0 fully saturated rings. The minimum absolute atomic E-state index is 0.0914. The molecular weight excluding hydrogens is 368 g/mol. The van der Waals surface area contributed by atoms with E-state index in [1.165, 1.54) is 0 Å². The Balaban J connectivity index is 5.41. The van der Waals surface area contributed by atoms with E-state index in [1.54, 1.807) is 0 Å². The quantitative estimate of drug-likeness (QED) is 0.234. The SMILES string of the molecule is CCCCOC(=O)CC(CC(=O)OCCCC)(OC(C)=O)C(=O)OCCCC. The van der Waals surface area contributed by atoms with E-state index in [9.17, 15) is 19.2 Å². The molecule has 28 heavy (non-hydrogen) atoms. The number of carbonyl (C=O) groups is 4. The first kappa shape index (κ1) is 25.9. The van der Waals surface area contributed by atoms with Crippen LogP contribution in [0, 0.1) is 0 Å². The first-order chi connectivity index (χ1) is 13.3. The van der Waals surface area contributed by atoms with Gasteiger partial charge in [-0.15, -0.1) is 0 Å². The minimum atomic E-state index is -2.09. The summed E-state index contributed by atoms with van der Waals surface area (Å²) in [5, 5.41) is 0. The van der Waals surface area contributed by atoms with Crippen LogP contribution in [0.1, 0.15) is 79.1 Å². The van der Waals surface area contributed by atoms with Crippen molar-refractivity contribution in [2.75, 3.05) is 19.8 Å². The molecule has 0 amide bonds. The second-order valence-corrected chi connectivity index (χ2v) is 6.58. The van der Waals surface area contributed by atoms with Gasteiger partial charge in [0.25, 0.3) is 0 Å². The summed E-state index contributed by atoms with van der Waals surface area (Å²) in [7, 11) is 0. The maximum absolute atomic E-state index is 12.7. The smallest absolute Gasteiger partial charge is 0.351 e. The van der Waals surface area contributed by atoms with Crippen molar-refractivity contribution in [2.24, 2.45) is 0 Å². The van der Waals surface area contributed by atoms with Gasteiger partial charge in [0.2, 0.25) is 5.60 Å². The predicted molar refractivity (Wildman–Crippen MR) is 101 cm³/mol. The molecule has 0 N–H and O–H groups in total. The largest absolute Gasteiger partial charge is 0.466 e. The van der Waals surface area contributed by atoms with E-state index >= 15 is 0 Å². The fourth-order valence-electron chi connectivity index (χ4n) is 2.27. The van der Waals surface area contributed by atoms with Gasteiger partial charge in [-0.05, 0) is 19.3 Å². The lowest BCUT2D eigenvalue weighted by molar-refractivity contribution is -0.190. The molecular formula is C20H34O8. The monoisotopic (exact) mass is 402 g/mol. The number of carbonyl (C=O) groups excluding carboxylic acids is 4. The van der Waals surface area contributed by atoms with Crippen LogP contribution in [-0.2, 0) is 38.1 Å². The first-order valence-electron chi connectivity index (χ1n) is 9.99. The molecule has 0 unspecified atom stereocenters. The normalized spacial score (nSPS) is 10.9. The van der Waals surface area contributed by atoms with Crippen LogP contribution in [0.5, 0.6) is 0 Å². The van der Waals surface area contributed by atoms with Crippen molar-refractivity contribution in [3.8, 4) is 0 Å². The molecule has 0 aromatic heterocycles. The number of unbranched alkanes of at least 4 members (excludes halogenated alkanes) is 3. The van der Waals surface area contributed by atoms with Crippen molar-refractivity contribution >= 4 is 23.9 Å².